The zero-order chi connectivity index (χ0) is 12.9. The van der Waals surface area contributed by atoms with E-state index >= 15 is 0 Å². The maximum atomic E-state index is 11.2. The summed E-state index contributed by atoms with van der Waals surface area (Å²) in [6, 6.07) is 0. The second kappa shape index (κ2) is 6.12. The standard InChI is InChI=1S/C12H21N3OS/c1-12(2,3)9-8-17-11(15-9)5-6-14-10(16)7-13-4/h8,13H,5-7H2,1-4H3,(H,14,16). The fourth-order valence-corrected chi connectivity index (χ4v) is 2.33. The Morgan fingerprint density at radius 3 is 2.71 bits per heavy atom. The smallest absolute Gasteiger partial charge is 0.233 e. The van der Waals surface area contributed by atoms with Crippen molar-refractivity contribution >= 4 is 17.2 Å². The Morgan fingerprint density at radius 1 is 1.47 bits per heavy atom. The first-order valence-electron chi connectivity index (χ1n) is 5.79. The molecule has 0 saturated heterocycles. The first kappa shape index (κ1) is 14.1. The van der Waals surface area contributed by atoms with Crippen molar-refractivity contribution < 1.29 is 4.79 Å². The number of likely N-dealkylation sites (N-methyl/N-ethyl adjacent to an activating group) is 1. The number of hydrogen-bond donors (Lipinski definition) is 2. The van der Waals surface area contributed by atoms with E-state index in [2.05, 4.69) is 41.8 Å². The van der Waals surface area contributed by atoms with Gasteiger partial charge in [-0.25, -0.2) is 4.98 Å². The highest BCUT2D eigenvalue weighted by Gasteiger charge is 2.17. The monoisotopic (exact) mass is 255 g/mol. The summed E-state index contributed by atoms with van der Waals surface area (Å²) in [5.41, 5.74) is 1.23. The number of carbonyl (C=O) groups excluding carboxylic acids is 1. The van der Waals surface area contributed by atoms with Crippen LogP contribution in [0.4, 0.5) is 0 Å². The maximum absolute atomic E-state index is 11.2. The van der Waals surface area contributed by atoms with E-state index in [-0.39, 0.29) is 11.3 Å². The lowest BCUT2D eigenvalue weighted by Gasteiger charge is -2.14. The van der Waals surface area contributed by atoms with Crippen molar-refractivity contribution in [2.75, 3.05) is 20.1 Å². The number of hydrogen-bond acceptors (Lipinski definition) is 4. The third-order valence-corrected chi connectivity index (χ3v) is 3.23. The number of nitrogens with zero attached hydrogens (tertiary/aromatic N) is 1. The Balaban J connectivity index is 2.38. The molecule has 0 bridgehead atoms. The number of amides is 1. The third kappa shape index (κ3) is 4.83. The average Bonchev–Trinajstić information content (AvgIpc) is 2.66. The first-order valence-corrected chi connectivity index (χ1v) is 6.67. The summed E-state index contributed by atoms with van der Waals surface area (Å²) in [6.45, 7) is 7.48. The molecule has 96 valence electrons. The fourth-order valence-electron chi connectivity index (χ4n) is 1.30. The van der Waals surface area contributed by atoms with Crippen molar-refractivity contribution in [2.24, 2.45) is 0 Å². The number of thiazole rings is 1. The molecule has 1 aromatic rings. The molecule has 0 aliphatic heterocycles. The van der Waals surface area contributed by atoms with E-state index in [9.17, 15) is 4.79 Å². The van der Waals surface area contributed by atoms with Crippen LogP contribution < -0.4 is 10.6 Å². The molecule has 0 aliphatic carbocycles. The van der Waals surface area contributed by atoms with Gasteiger partial charge in [0.25, 0.3) is 0 Å². The van der Waals surface area contributed by atoms with E-state index in [1.807, 2.05) is 0 Å². The molecule has 0 unspecified atom stereocenters. The van der Waals surface area contributed by atoms with Crippen LogP contribution in [0.1, 0.15) is 31.5 Å². The number of nitrogens with one attached hydrogen (secondary N) is 2. The number of carbonyl (C=O) groups is 1. The molecule has 5 heteroatoms. The Labute approximate surface area is 107 Å². The molecule has 0 aromatic carbocycles. The van der Waals surface area contributed by atoms with Crippen LogP contribution in [0.3, 0.4) is 0 Å². The lowest BCUT2D eigenvalue weighted by atomic mass is 9.93. The second-order valence-electron chi connectivity index (χ2n) is 5.01. The van der Waals surface area contributed by atoms with Gasteiger partial charge < -0.3 is 10.6 Å². The lowest BCUT2D eigenvalue weighted by molar-refractivity contribution is -0.120. The molecule has 0 spiro atoms. The molecule has 1 aromatic heterocycles. The van der Waals surface area contributed by atoms with Crippen LogP contribution in [0.2, 0.25) is 0 Å². The summed E-state index contributed by atoms with van der Waals surface area (Å²) >= 11 is 1.66. The molecule has 4 nitrogen and oxygen atoms in total. The molecule has 1 amide bonds. The SMILES string of the molecule is CNCC(=O)NCCc1nc(C(C)(C)C)cs1. The molecule has 0 aliphatic rings. The van der Waals surface area contributed by atoms with Crippen LogP contribution in [0, 0.1) is 0 Å². The van der Waals surface area contributed by atoms with Gasteiger partial charge >= 0.3 is 0 Å². The molecule has 0 radical (unpaired) electrons. The van der Waals surface area contributed by atoms with E-state index in [1.165, 1.54) is 0 Å². The van der Waals surface area contributed by atoms with Crippen molar-refractivity contribution in [3.05, 3.63) is 16.1 Å². The molecule has 0 atom stereocenters. The predicted molar refractivity (Wildman–Crippen MR) is 71.5 cm³/mol. The molecule has 1 rings (SSSR count). The molecular formula is C12H21N3OS. The Morgan fingerprint density at radius 2 is 2.18 bits per heavy atom. The number of aromatic nitrogens is 1. The van der Waals surface area contributed by atoms with Crippen LogP contribution in [0.15, 0.2) is 5.38 Å². The van der Waals surface area contributed by atoms with Crippen molar-refractivity contribution in [3.8, 4) is 0 Å². The topological polar surface area (TPSA) is 54.0 Å². The van der Waals surface area contributed by atoms with Crippen LogP contribution in [0.5, 0.6) is 0 Å². The van der Waals surface area contributed by atoms with Gasteiger partial charge in [-0.15, -0.1) is 11.3 Å². The Kier molecular flexibility index (Phi) is 5.08. The van der Waals surface area contributed by atoms with E-state index in [1.54, 1.807) is 18.4 Å². The van der Waals surface area contributed by atoms with Crippen molar-refractivity contribution in [1.29, 1.82) is 0 Å². The molecule has 0 saturated carbocycles. The Hall–Kier alpha value is -0.940. The summed E-state index contributed by atoms with van der Waals surface area (Å²) in [5.74, 6) is 0.0279. The molecule has 1 heterocycles. The van der Waals surface area contributed by atoms with Crippen molar-refractivity contribution in [3.63, 3.8) is 0 Å². The highest BCUT2D eigenvalue weighted by Crippen LogP contribution is 2.23. The van der Waals surface area contributed by atoms with Gasteiger partial charge in [-0.05, 0) is 7.05 Å². The van der Waals surface area contributed by atoms with E-state index in [4.69, 9.17) is 0 Å². The molecular weight excluding hydrogens is 234 g/mol. The quantitative estimate of drug-likeness (QED) is 0.834. The van der Waals surface area contributed by atoms with E-state index < -0.39 is 0 Å². The lowest BCUT2D eigenvalue weighted by Crippen LogP contribution is -2.33. The highest BCUT2D eigenvalue weighted by atomic mass is 32.1. The van der Waals surface area contributed by atoms with Gasteiger partial charge in [0.1, 0.15) is 0 Å². The zero-order valence-corrected chi connectivity index (χ0v) is 11.8. The average molecular weight is 255 g/mol. The van der Waals surface area contributed by atoms with Crippen molar-refractivity contribution in [1.82, 2.24) is 15.6 Å². The van der Waals surface area contributed by atoms with Gasteiger partial charge in [0, 0.05) is 23.8 Å². The second-order valence-corrected chi connectivity index (χ2v) is 5.95. The number of rotatable bonds is 5. The molecule has 17 heavy (non-hydrogen) atoms. The summed E-state index contributed by atoms with van der Waals surface area (Å²) in [5, 5.41) is 8.85. The van der Waals surface area contributed by atoms with Crippen LogP contribution in [0.25, 0.3) is 0 Å². The summed E-state index contributed by atoms with van der Waals surface area (Å²) in [6.07, 6.45) is 0.802. The van der Waals surface area contributed by atoms with Crippen LogP contribution in [-0.2, 0) is 16.6 Å². The maximum Gasteiger partial charge on any atom is 0.233 e. The van der Waals surface area contributed by atoms with E-state index in [0.717, 1.165) is 17.1 Å². The van der Waals surface area contributed by atoms with Gasteiger partial charge in [0.15, 0.2) is 0 Å². The summed E-state index contributed by atoms with van der Waals surface area (Å²) < 4.78 is 0. The van der Waals surface area contributed by atoms with E-state index in [0.29, 0.717) is 13.1 Å². The predicted octanol–water partition coefficient (Wildman–Crippen LogP) is 1.32. The summed E-state index contributed by atoms with van der Waals surface area (Å²) in [4.78, 5) is 15.8. The van der Waals surface area contributed by atoms with Gasteiger partial charge in [-0.3, -0.25) is 4.79 Å². The van der Waals surface area contributed by atoms with Crippen LogP contribution in [-0.4, -0.2) is 31.0 Å². The Bertz CT molecular complexity index is 368. The minimum atomic E-state index is 0.0279. The van der Waals surface area contributed by atoms with Crippen molar-refractivity contribution in [2.45, 2.75) is 32.6 Å². The van der Waals surface area contributed by atoms with Gasteiger partial charge in [0.2, 0.25) is 5.91 Å². The van der Waals surface area contributed by atoms with Gasteiger partial charge in [0.05, 0.1) is 17.2 Å². The zero-order valence-electron chi connectivity index (χ0n) is 11.0. The molecule has 2 N–H and O–H groups in total. The minimum Gasteiger partial charge on any atom is -0.355 e. The minimum absolute atomic E-state index is 0.0279. The van der Waals surface area contributed by atoms with Gasteiger partial charge in [-0.2, -0.15) is 0 Å². The highest BCUT2D eigenvalue weighted by molar-refractivity contribution is 7.09. The third-order valence-electron chi connectivity index (χ3n) is 2.32. The summed E-state index contributed by atoms with van der Waals surface area (Å²) in [7, 11) is 1.76. The first-order chi connectivity index (χ1) is 7.93. The molecule has 0 fully saturated rings. The normalized spacial score (nSPS) is 11.5. The fraction of sp³-hybridized carbons (Fsp3) is 0.667. The van der Waals surface area contributed by atoms with Crippen LogP contribution >= 0.6 is 11.3 Å². The largest absolute Gasteiger partial charge is 0.355 e. The van der Waals surface area contributed by atoms with Gasteiger partial charge in [-0.1, -0.05) is 20.8 Å².